The molecule has 1 atom stereocenters. The lowest BCUT2D eigenvalue weighted by Crippen LogP contribution is -2.50. The molecular weight excluding hydrogens is 292 g/mol. The Morgan fingerprint density at radius 1 is 1.30 bits per heavy atom. The molecule has 1 aliphatic carbocycles. The van der Waals surface area contributed by atoms with Crippen LogP contribution < -0.4 is 5.32 Å². The average molecular weight is 316 g/mol. The van der Waals surface area contributed by atoms with Crippen molar-refractivity contribution in [1.82, 2.24) is 10.2 Å². The molecule has 1 aliphatic heterocycles. The second-order valence-electron chi connectivity index (χ2n) is 6.67. The van der Waals surface area contributed by atoms with Crippen molar-refractivity contribution in [1.29, 1.82) is 0 Å². The third-order valence-corrected chi connectivity index (χ3v) is 4.87. The molecule has 2 fully saturated rings. The smallest absolute Gasteiger partial charge is 0.239 e. The molecule has 5 nitrogen and oxygen atoms in total. The number of nitrogens with zero attached hydrogens (tertiary/aromatic N) is 1. The summed E-state index contributed by atoms with van der Waals surface area (Å²) in [7, 11) is 0. The van der Waals surface area contributed by atoms with Crippen LogP contribution in [0.5, 0.6) is 0 Å². The highest BCUT2D eigenvalue weighted by Crippen LogP contribution is 2.31. The zero-order valence-corrected chi connectivity index (χ0v) is 13.3. The van der Waals surface area contributed by atoms with E-state index >= 15 is 0 Å². The van der Waals surface area contributed by atoms with Gasteiger partial charge in [0.25, 0.3) is 0 Å². The second-order valence-corrected chi connectivity index (χ2v) is 6.67. The number of hydrogen-bond acceptors (Lipinski definition) is 3. The topological polar surface area (TPSA) is 69.6 Å². The van der Waals surface area contributed by atoms with Crippen molar-refractivity contribution in [3.63, 3.8) is 0 Å². The number of aliphatic hydroxyl groups is 1. The van der Waals surface area contributed by atoms with Crippen LogP contribution in [0.25, 0.3) is 0 Å². The van der Waals surface area contributed by atoms with Gasteiger partial charge in [0.15, 0.2) is 0 Å². The highest BCUT2D eigenvalue weighted by molar-refractivity contribution is 5.86. The first-order valence-corrected chi connectivity index (χ1v) is 8.41. The SMILES string of the molecule is O=C(CN1CCCC1=O)NC(Cc1ccccc1)C1CC(O)C1. The van der Waals surface area contributed by atoms with Gasteiger partial charge in [-0.3, -0.25) is 9.59 Å². The molecule has 2 aliphatic rings. The summed E-state index contributed by atoms with van der Waals surface area (Å²) in [6, 6.07) is 10.1. The number of nitrogens with one attached hydrogen (secondary N) is 1. The molecule has 1 saturated carbocycles. The molecule has 2 N–H and O–H groups in total. The van der Waals surface area contributed by atoms with E-state index in [9.17, 15) is 14.7 Å². The summed E-state index contributed by atoms with van der Waals surface area (Å²) in [6.07, 6.45) is 3.39. The molecule has 124 valence electrons. The van der Waals surface area contributed by atoms with Crippen molar-refractivity contribution in [2.75, 3.05) is 13.1 Å². The van der Waals surface area contributed by atoms with Crippen LogP contribution in [0.15, 0.2) is 30.3 Å². The Morgan fingerprint density at radius 3 is 2.65 bits per heavy atom. The zero-order chi connectivity index (χ0) is 16.2. The summed E-state index contributed by atoms with van der Waals surface area (Å²) in [5, 5.41) is 12.7. The van der Waals surface area contributed by atoms with E-state index in [1.54, 1.807) is 4.90 Å². The minimum atomic E-state index is -0.240. The van der Waals surface area contributed by atoms with E-state index in [0.29, 0.717) is 18.9 Å². The van der Waals surface area contributed by atoms with Crippen LogP contribution in [0.2, 0.25) is 0 Å². The number of rotatable bonds is 6. The predicted molar refractivity (Wildman–Crippen MR) is 86.6 cm³/mol. The van der Waals surface area contributed by atoms with Crippen molar-refractivity contribution < 1.29 is 14.7 Å². The first-order chi connectivity index (χ1) is 11.1. The van der Waals surface area contributed by atoms with Crippen LogP contribution in [0.3, 0.4) is 0 Å². The van der Waals surface area contributed by atoms with Crippen LogP contribution in [0.1, 0.15) is 31.2 Å². The van der Waals surface area contributed by atoms with Crippen LogP contribution in [0, 0.1) is 5.92 Å². The number of carbonyl (C=O) groups excluding carboxylic acids is 2. The summed E-state index contributed by atoms with van der Waals surface area (Å²) >= 11 is 0. The first-order valence-electron chi connectivity index (χ1n) is 8.41. The predicted octanol–water partition coefficient (Wildman–Crippen LogP) is 1.11. The van der Waals surface area contributed by atoms with Crippen molar-refractivity contribution in [2.45, 2.75) is 44.2 Å². The fourth-order valence-electron chi connectivity index (χ4n) is 3.46. The fraction of sp³-hybridized carbons (Fsp3) is 0.556. The summed E-state index contributed by atoms with van der Waals surface area (Å²) < 4.78 is 0. The molecule has 0 aromatic heterocycles. The molecule has 1 unspecified atom stereocenters. The normalized spacial score (nSPS) is 25.1. The second kappa shape index (κ2) is 7.13. The van der Waals surface area contributed by atoms with Gasteiger partial charge in [-0.25, -0.2) is 0 Å². The zero-order valence-electron chi connectivity index (χ0n) is 13.3. The Hall–Kier alpha value is -1.88. The molecule has 1 aromatic rings. The maximum absolute atomic E-state index is 12.3. The van der Waals surface area contributed by atoms with Gasteiger partial charge < -0.3 is 15.3 Å². The standard InChI is InChI=1S/C18H24N2O3/c21-15-10-14(11-15)16(9-13-5-2-1-3-6-13)19-17(22)12-20-8-4-7-18(20)23/h1-3,5-6,14-16,21H,4,7-12H2,(H,19,22). The maximum atomic E-state index is 12.3. The van der Waals surface area contributed by atoms with E-state index in [0.717, 1.165) is 25.7 Å². The van der Waals surface area contributed by atoms with Crippen LogP contribution >= 0.6 is 0 Å². The van der Waals surface area contributed by atoms with Crippen molar-refractivity contribution in [2.24, 2.45) is 5.92 Å². The Balaban J connectivity index is 1.59. The van der Waals surface area contributed by atoms with Gasteiger partial charge in [0, 0.05) is 19.0 Å². The molecule has 2 amide bonds. The minimum absolute atomic E-state index is 0.0194. The van der Waals surface area contributed by atoms with Crippen LogP contribution in [0.4, 0.5) is 0 Å². The van der Waals surface area contributed by atoms with Crippen LogP contribution in [-0.2, 0) is 16.0 Å². The minimum Gasteiger partial charge on any atom is -0.393 e. The lowest BCUT2D eigenvalue weighted by Gasteiger charge is -2.38. The van der Waals surface area contributed by atoms with Gasteiger partial charge >= 0.3 is 0 Å². The van der Waals surface area contributed by atoms with E-state index in [4.69, 9.17) is 0 Å². The lowest BCUT2D eigenvalue weighted by molar-refractivity contribution is -0.133. The highest BCUT2D eigenvalue weighted by Gasteiger charge is 2.35. The van der Waals surface area contributed by atoms with Gasteiger partial charge in [0.2, 0.25) is 11.8 Å². The molecule has 1 heterocycles. The van der Waals surface area contributed by atoms with E-state index in [-0.39, 0.29) is 30.5 Å². The molecule has 0 radical (unpaired) electrons. The van der Waals surface area contributed by atoms with E-state index in [1.807, 2.05) is 18.2 Å². The van der Waals surface area contributed by atoms with Gasteiger partial charge in [-0.1, -0.05) is 30.3 Å². The molecule has 3 rings (SSSR count). The van der Waals surface area contributed by atoms with E-state index in [1.165, 1.54) is 5.56 Å². The molecule has 1 saturated heterocycles. The summed E-state index contributed by atoms with van der Waals surface area (Å²) in [6.45, 7) is 0.831. The Morgan fingerprint density at radius 2 is 2.04 bits per heavy atom. The van der Waals surface area contributed by atoms with E-state index < -0.39 is 0 Å². The Labute approximate surface area is 136 Å². The summed E-state index contributed by atoms with van der Waals surface area (Å²) in [5.41, 5.74) is 1.18. The lowest BCUT2D eigenvalue weighted by atomic mass is 9.75. The number of aliphatic hydroxyl groups excluding tert-OH is 1. The first kappa shape index (κ1) is 16.0. The van der Waals surface area contributed by atoms with Gasteiger partial charge in [-0.2, -0.15) is 0 Å². The molecular formula is C18H24N2O3. The summed E-state index contributed by atoms with van der Waals surface area (Å²) in [4.78, 5) is 25.6. The number of hydrogen-bond donors (Lipinski definition) is 2. The maximum Gasteiger partial charge on any atom is 0.239 e. The molecule has 23 heavy (non-hydrogen) atoms. The number of carbonyl (C=O) groups is 2. The average Bonchev–Trinajstić information content (AvgIpc) is 2.89. The van der Waals surface area contributed by atoms with Gasteiger partial charge in [-0.15, -0.1) is 0 Å². The van der Waals surface area contributed by atoms with Gasteiger partial charge in [0.1, 0.15) is 0 Å². The van der Waals surface area contributed by atoms with Crippen molar-refractivity contribution >= 4 is 11.8 Å². The molecule has 5 heteroatoms. The number of likely N-dealkylation sites (tertiary alicyclic amines) is 1. The highest BCUT2D eigenvalue weighted by atomic mass is 16.3. The Kier molecular flexibility index (Phi) is 4.96. The molecule has 0 spiro atoms. The number of amides is 2. The van der Waals surface area contributed by atoms with Gasteiger partial charge in [-0.05, 0) is 37.2 Å². The van der Waals surface area contributed by atoms with Gasteiger partial charge in [0.05, 0.1) is 12.6 Å². The fourth-order valence-corrected chi connectivity index (χ4v) is 3.46. The molecule has 1 aromatic carbocycles. The third kappa shape index (κ3) is 4.10. The monoisotopic (exact) mass is 316 g/mol. The largest absolute Gasteiger partial charge is 0.393 e. The Bertz CT molecular complexity index is 555. The van der Waals surface area contributed by atoms with Crippen LogP contribution in [-0.4, -0.2) is 47.1 Å². The molecule has 0 bridgehead atoms. The number of benzene rings is 1. The van der Waals surface area contributed by atoms with Crippen molar-refractivity contribution in [3.05, 3.63) is 35.9 Å². The van der Waals surface area contributed by atoms with Crippen molar-refractivity contribution in [3.8, 4) is 0 Å². The third-order valence-electron chi connectivity index (χ3n) is 4.87. The quantitative estimate of drug-likeness (QED) is 0.826. The summed E-state index contributed by atoms with van der Waals surface area (Å²) in [5.74, 6) is 0.282. The van der Waals surface area contributed by atoms with E-state index in [2.05, 4.69) is 17.4 Å².